The van der Waals surface area contributed by atoms with Crippen molar-refractivity contribution in [3.05, 3.63) is 65.2 Å². The molecule has 0 bridgehead atoms. The zero-order valence-corrected chi connectivity index (χ0v) is 17.7. The van der Waals surface area contributed by atoms with Gasteiger partial charge in [0.2, 0.25) is 0 Å². The van der Waals surface area contributed by atoms with Gasteiger partial charge >= 0.3 is 5.97 Å². The van der Waals surface area contributed by atoms with Gasteiger partial charge in [0.05, 0.1) is 36.3 Å². The maximum Gasteiger partial charge on any atom is 0.339 e. The number of morpholine rings is 1. The van der Waals surface area contributed by atoms with Crippen molar-refractivity contribution in [1.82, 2.24) is 9.88 Å². The van der Waals surface area contributed by atoms with Crippen LogP contribution in [0.2, 0.25) is 0 Å². The monoisotopic (exact) mass is 432 g/mol. The van der Waals surface area contributed by atoms with Gasteiger partial charge in [0.25, 0.3) is 5.91 Å². The predicted octanol–water partition coefficient (Wildman–Crippen LogP) is 3.72. The summed E-state index contributed by atoms with van der Waals surface area (Å²) in [5.41, 5.74) is 3.94. The molecule has 32 heavy (non-hydrogen) atoms. The van der Waals surface area contributed by atoms with Crippen LogP contribution in [0.15, 0.2) is 47.1 Å². The molecule has 1 aliphatic heterocycles. The molecular weight excluding hydrogens is 408 g/mol. The SMILES string of the molecule is O=C(OCC(=O)N1CCOCC1)c1c2c(nc3ccccc13)C(=Cc1ccco1)CCC2. The van der Waals surface area contributed by atoms with Gasteiger partial charge in [-0.15, -0.1) is 0 Å². The molecule has 0 saturated carbocycles. The number of amides is 1. The van der Waals surface area contributed by atoms with Gasteiger partial charge in [0, 0.05) is 18.5 Å². The Labute approximate surface area is 185 Å². The summed E-state index contributed by atoms with van der Waals surface area (Å²) in [7, 11) is 0. The highest BCUT2D eigenvalue weighted by Gasteiger charge is 2.27. The van der Waals surface area contributed by atoms with E-state index in [4.69, 9.17) is 18.9 Å². The van der Waals surface area contributed by atoms with E-state index >= 15 is 0 Å². The molecule has 3 aromatic rings. The normalized spacial score (nSPS) is 17.4. The van der Waals surface area contributed by atoms with Crippen molar-refractivity contribution < 1.29 is 23.5 Å². The average molecular weight is 432 g/mol. The van der Waals surface area contributed by atoms with E-state index in [1.807, 2.05) is 42.5 Å². The number of hydrogen-bond acceptors (Lipinski definition) is 6. The van der Waals surface area contributed by atoms with Gasteiger partial charge in [-0.25, -0.2) is 9.78 Å². The van der Waals surface area contributed by atoms with Gasteiger partial charge in [0.15, 0.2) is 6.61 Å². The second kappa shape index (κ2) is 8.96. The summed E-state index contributed by atoms with van der Waals surface area (Å²) in [6, 6.07) is 11.3. The first kappa shape index (κ1) is 20.5. The number of furan rings is 1. The van der Waals surface area contributed by atoms with E-state index in [1.54, 1.807) is 11.2 Å². The van der Waals surface area contributed by atoms with Crippen LogP contribution >= 0.6 is 0 Å². The quantitative estimate of drug-likeness (QED) is 0.585. The smallest absolute Gasteiger partial charge is 0.339 e. The molecule has 0 radical (unpaired) electrons. The first-order chi connectivity index (χ1) is 15.7. The van der Waals surface area contributed by atoms with Crippen LogP contribution in [0.1, 0.15) is 40.2 Å². The number of para-hydroxylation sites is 1. The number of ether oxygens (including phenoxy) is 2. The van der Waals surface area contributed by atoms with E-state index in [1.165, 1.54) is 0 Å². The molecule has 2 aromatic heterocycles. The number of hydrogen-bond donors (Lipinski definition) is 0. The molecule has 0 spiro atoms. The Bertz CT molecular complexity index is 1180. The Morgan fingerprint density at radius 1 is 1.09 bits per heavy atom. The zero-order valence-electron chi connectivity index (χ0n) is 17.7. The van der Waals surface area contributed by atoms with Crippen molar-refractivity contribution in [3.8, 4) is 0 Å². The van der Waals surface area contributed by atoms with Gasteiger partial charge in [-0.2, -0.15) is 0 Å². The highest BCUT2D eigenvalue weighted by molar-refractivity contribution is 6.07. The highest BCUT2D eigenvalue weighted by Crippen LogP contribution is 2.36. The second-order valence-electron chi connectivity index (χ2n) is 7.94. The van der Waals surface area contributed by atoms with Crippen LogP contribution in [0.5, 0.6) is 0 Å². The number of carbonyl (C=O) groups is 2. The average Bonchev–Trinajstić information content (AvgIpc) is 3.35. The van der Waals surface area contributed by atoms with Crippen molar-refractivity contribution in [2.24, 2.45) is 0 Å². The lowest BCUT2D eigenvalue weighted by Crippen LogP contribution is -2.42. The summed E-state index contributed by atoms with van der Waals surface area (Å²) in [6.07, 6.45) is 6.09. The van der Waals surface area contributed by atoms with Crippen molar-refractivity contribution in [1.29, 1.82) is 0 Å². The lowest BCUT2D eigenvalue weighted by Gasteiger charge is -2.26. The fourth-order valence-corrected chi connectivity index (χ4v) is 4.36. The summed E-state index contributed by atoms with van der Waals surface area (Å²) in [6.45, 7) is 1.77. The molecule has 5 rings (SSSR count). The fraction of sp³-hybridized carbons (Fsp3) is 0.320. The van der Waals surface area contributed by atoms with E-state index in [2.05, 4.69) is 0 Å². The molecule has 1 aromatic carbocycles. The van der Waals surface area contributed by atoms with Crippen molar-refractivity contribution >= 4 is 34.4 Å². The minimum atomic E-state index is -0.485. The molecule has 7 heteroatoms. The summed E-state index contributed by atoms with van der Waals surface area (Å²) >= 11 is 0. The number of allylic oxidation sites excluding steroid dienone is 1. The Morgan fingerprint density at radius 3 is 2.75 bits per heavy atom. The lowest BCUT2D eigenvalue weighted by molar-refractivity contribution is -0.138. The molecule has 164 valence electrons. The van der Waals surface area contributed by atoms with E-state index in [9.17, 15) is 9.59 Å². The molecule has 1 fully saturated rings. The minimum absolute atomic E-state index is 0.202. The topological polar surface area (TPSA) is 81.9 Å². The number of pyridine rings is 1. The Morgan fingerprint density at radius 2 is 1.94 bits per heavy atom. The maximum atomic E-state index is 13.3. The molecule has 2 aliphatic rings. The summed E-state index contributed by atoms with van der Waals surface area (Å²) < 4.78 is 16.3. The van der Waals surface area contributed by atoms with Crippen LogP contribution in [0, 0.1) is 0 Å². The Kier molecular flexibility index (Phi) is 5.73. The number of carbonyl (C=O) groups excluding carboxylic acids is 2. The third-order valence-corrected chi connectivity index (χ3v) is 5.92. The van der Waals surface area contributed by atoms with E-state index < -0.39 is 5.97 Å². The van der Waals surface area contributed by atoms with Crippen molar-refractivity contribution in [2.45, 2.75) is 19.3 Å². The standard InChI is InChI=1S/C25H24N2O5/c28-22(27-10-13-30-14-11-27)16-32-25(29)23-19-7-1-2-9-21(19)26-24-17(5-3-8-20(23)24)15-18-6-4-12-31-18/h1-2,4,6-7,9,12,15H,3,5,8,10-11,13-14,16H2. The summed E-state index contributed by atoms with van der Waals surface area (Å²) in [5.74, 6) is 0.0658. The van der Waals surface area contributed by atoms with Crippen LogP contribution in [-0.4, -0.2) is 54.7 Å². The van der Waals surface area contributed by atoms with Crippen LogP contribution in [0.4, 0.5) is 0 Å². The predicted molar refractivity (Wildman–Crippen MR) is 119 cm³/mol. The van der Waals surface area contributed by atoms with E-state index in [0.717, 1.165) is 52.8 Å². The molecule has 7 nitrogen and oxygen atoms in total. The molecule has 1 saturated heterocycles. The number of nitrogens with zero attached hydrogens (tertiary/aromatic N) is 2. The Balaban J connectivity index is 1.49. The number of esters is 1. The molecule has 1 aliphatic carbocycles. The van der Waals surface area contributed by atoms with Gasteiger partial charge in [-0.3, -0.25) is 4.79 Å². The number of fused-ring (bicyclic) bond motifs is 2. The number of aromatic nitrogens is 1. The summed E-state index contributed by atoms with van der Waals surface area (Å²) in [5, 5.41) is 0.745. The van der Waals surface area contributed by atoms with Crippen LogP contribution in [-0.2, 0) is 20.7 Å². The van der Waals surface area contributed by atoms with E-state index in [0.29, 0.717) is 31.9 Å². The fourth-order valence-electron chi connectivity index (χ4n) is 4.36. The van der Waals surface area contributed by atoms with Gasteiger partial charge in [0.1, 0.15) is 5.76 Å². The third-order valence-electron chi connectivity index (χ3n) is 5.92. The number of rotatable bonds is 4. The lowest BCUT2D eigenvalue weighted by atomic mass is 9.86. The van der Waals surface area contributed by atoms with Crippen LogP contribution < -0.4 is 0 Å². The van der Waals surface area contributed by atoms with Crippen molar-refractivity contribution in [3.63, 3.8) is 0 Å². The largest absolute Gasteiger partial charge is 0.465 e. The highest BCUT2D eigenvalue weighted by atomic mass is 16.5. The first-order valence-electron chi connectivity index (χ1n) is 10.9. The second-order valence-corrected chi connectivity index (χ2v) is 7.94. The molecule has 0 atom stereocenters. The molecule has 0 unspecified atom stereocenters. The molecule has 1 amide bonds. The Hall–Kier alpha value is -3.45. The van der Waals surface area contributed by atoms with Crippen LogP contribution in [0.3, 0.4) is 0 Å². The zero-order chi connectivity index (χ0) is 21.9. The van der Waals surface area contributed by atoms with Gasteiger partial charge in [-0.05, 0) is 54.7 Å². The van der Waals surface area contributed by atoms with Crippen LogP contribution in [0.25, 0.3) is 22.6 Å². The van der Waals surface area contributed by atoms with E-state index in [-0.39, 0.29) is 12.5 Å². The third kappa shape index (κ3) is 4.03. The molecule has 0 N–H and O–H groups in total. The number of benzene rings is 1. The minimum Gasteiger partial charge on any atom is -0.465 e. The molecule has 3 heterocycles. The van der Waals surface area contributed by atoms with Gasteiger partial charge < -0.3 is 18.8 Å². The molecular formula is C25H24N2O5. The van der Waals surface area contributed by atoms with Gasteiger partial charge in [-0.1, -0.05) is 18.2 Å². The first-order valence-corrected chi connectivity index (χ1v) is 10.9. The summed E-state index contributed by atoms with van der Waals surface area (Å²) in [4.78, 5) is 32.3. The van der Waals surface area contributed by atoms with Crippen molar-refractivity contribution in [2.75, 3.05) is 32.9 Å². The maximum absolute atomic E-state index is 13.3.